The van der Waals surface area contributed by atoms with Crippen molar-refractivity contribution in [3.63, 3.8) is 0 Å². The zero-order valence-electron chi connectivity index (χ0n) is 19.7. The van der Waals surface area contributed by atoms with Crippen LogP contribution in [-0.2, 0) is 30.3 Å². The Morgan fingerprint density at radius 2 is 1.56 bits per heavy atom. The van der Waals surface area contributed by atoms with Gasteiger partial charge in [-0.15, -0.1) is 6.58 Å². The van der Waals surface area contributed by atoms with Crippen molar-refractivity contribution in [3.05, 3.63) is 83.4 Å². The lowest BCUT2D eigenvalue weighted by atomic mass is 9.93. The highest BCUT2D eigenvalue weighted by Crippen LogP contribution is 2.42. The molecule has 0 bridgehead atoms. The van der Waals surface area contributed by atoms with Gasteiger partial charge in [0, 0.05) is 17.7 Å². The number of aliphatic hydroxyl groups is 2. The fourth-order valence-electron chi connectivity index (χ4n) is 4.32. The van der Waals surface area contributed by atoms with Crippen LogP contribution >= 0.6 is 0 Å². The minimum Gasteiger partial charge on any atom is -0.394 e. The van der Waals surface area contributed by atoms with E-state index in [1.807, 2.05) is 62.4 Å². The Kier molecular flexibility index (Phi) is 8.50. The van der Waals surface area contributed by atoms with E-state index >= 15 is 0 Å². The van der Waals surface area contributed by atoms with Crippen molar-refractivity contribution in [2.45, 2.75) is 70.0 Å². The summed E-state index contributed by atoms with van der Waals surface area (Å²) in [6.07, 6.45) is -2.54. The number of ether oxygens (including phenoxy) is 5. The molecule has 7 nitrogen and oxygen atoms in total. The first-order valence-electron chi connectivity index (χ1n) is 11.8. The van der Waals surface area contributed by atoms with Gasteiger partial charge in [0.25, 0.3) is 0 Å². The Morgan fingerprint density at radius 1 is 0.941 bits per heavy atom. The molecule has 34 heavy (non-hydrogen) atoms. The van der Waals surface area contributed by atoms with Gasteiger partial charge >= 0.3 is 0 Å². The van der Waals surface area contributed by atoms with Gasteiger partial charge in [0.1, 0.15) is 24.4 Å². The summed E-state index contributed by atoms with van der Waals surface area (Å²) in [5, 5.41) is 20.4. The first kappa shape index (κ1) is 25.0. The number of benzene rings is 2. The lowest BCUT2D eigenvalue weighted by Crippen LogP contribution is -2.61. The number of hydrogen-bond donors (Lipinski definition) is 2. The quantitative estimate of drug-likeness (QED) is 0.540. The van der Waals surface area contributed by atoms with E-state index in [-0.39, 0.29) is 6.10 Å². The average molecular weight is 471 g/mol. The molecule has 0 radical (unpaired) electrons. The number of aliphatic hydroxyl groups excluding tert-OH is 2. The van der Waals surface area contributed by atoms with Gasteiger partial charge in [-0.25, -0.2) is 0 Å². The van der Waals surface area contributed by atoms with E-state index in [1.54, 1.807) is 6.08 Å². The average Bonchev–Trinajstić information content (AvgIpc) is 2.87. The highest BCUT2D eigenvalue weighted by atomic mass is 16.8. The summed E-state index contributed by atoms with van der Waals surface area (Å²) in [5.41, 5.74) is 3.84. The smallest absolute Gasteiger partial charge is 0.184 e. The molecule has 2 N–H and O–H groups in total. The zero-order valence-corrected chi connectivity index (χ0v) is 19.7. The van der Waals surface area contributed by atoms with Crippen molar-refractivity contribution < 1.29 is 33.9 Å². The number of fused-ring (bicyclic) bond motifs is 1. The molecule has 0 aliphatic carbocycles. The molecule has 7 heteroatoms. The van der Waals surface area contributed by atoms with Crippen LogP contribution in [0.1, 0.15) is 48.2 Å². The second-order valence-electron chi connectivity index (χ2n) is 8.70. The summed E-state index contributed by atoms with van der Waals surface area (Å²) in [6.45, 7) is 8.58. The van der Waals surface area contributed by atoms with Crippen molar-refractivity contribution in [3.8, 4) is 0 Å². The van der Waals surface area contributed by atoms with Crippen LogP contribution in [0.5, 0.6) is 0 Å². The van der Waals surface area contributed by atoms with Crippen molar-refractivity contribution in [2.24, 2.45) is 0 Å². The zero-order chi connectivity index (χ0) is 24.1. The molecule has 2 heterocycles. The number of hydrogen-bond acceptors (Lipinski definition) is 7. The predicted octanol–water partition coefficient (Wildman–Crippen LogP) is 3.73. The molecule has 2 fully saturated rings. The Balaban J connectivity index is 1.59. The fraction of sp³-hybridized carbons (Fsp3) is 0.481. The van der Waals surface area contributed by atoms with Gasteiger partial charge in [-0.3, -0.25) is 0 Å². The highest BCUT2D eigenvalue weighted by molar-refractivity contribution is 5.25. The molecular weight excluding hydrogens is 436 g/mol. The molecule has 2 aliphatic heterocycles. The van der Waals surface area contributed by atoms with Crippen LogP contribution < -0.4 is 0 Å². The summed E-state index contributed by atoms with van der Waals surface area (Å²) < 4.78 is 30.6. The van der Waals surface area contributed by atoms with E-state index in [0.29, 0.717) is 19.6 Å². The lowest BCUT2D eigenvalue weighted by molar-refractivity contribution is -0.390. The van der Waals surface area contributed by atoms with E-state index in [0.717, 1.165) is 22.3 Å². The summed E-state index contributed by atoms with van der Waals surface area (Å²) in [4.78, 5) is 0. The molecule has 2 aromatic carbocycles. The van der Waals surface area contributed by atoms with E-state index in [1.165, 1.54) is 0 Å². The summed E-state index contributed by atoms with van der Waals surface area (Å²) in [7, 11) is 0. The minimum atomic E-state index is -1.14. The highest BCUT2D eigenvalue weighted by Gasteiger charge is 2.51. The van der Waals surface area contributed by atoms with Gasteiger partial charge in [-0.2, -0.15) is 0 Å². The van der Waals surface area contributed by atoms with Crippen LogP contribution in [0.4, 0.5) is 0 Å². The van der Waals surface area contributed by atoms with Crippen LogP contribution in [0.25, 0.3) is 0 Å². The van der Waals surface area contributed by atoms with Gasteiger partial charge in [-0.05, 0) is 25.8 Å². The summed E-state index contributed by atoms with van der Waals surface area (Å²) in [6, 6.07) is 15.7. The van der Waals surface area contributed by atoms with Crippen molar-refractivity contribution in [2.75, 3.05) is 13.2 Å². The van der Waals surface area contributed by atoms with Gasteiger partial charge in [0.05, 0.1) is 19.3 Å². The molecule has 0 amide bonds. The molecular formula is C27H34O7. The minimum absolute atomic E-state index is 0.366. The van der Waals surface area contributed by atoms with Crippen LogP contribution in [0.2, 0.25) is 0 Å². The molecule has 0 aromatic heterocycles. The van der Waals surface area contributed by atoms with E-state index in [4.69, 9.17) is 23.7 Å². The third-order valence-corrected chi connectivity index (χ3v) is 6.19. The van der Waals surface area contributed by atoms with E-state index in [9.17, 15) is 10.2 Å². The standard InChI is InChI=1S/C27H34O7/c1-4-6-22-24-25(34-26(31-22)20-13-9-18(10-14-20)16-30-5-2)23(21(29)15-28)32-27(33-24)19-11-7-17(3)8-12-19/h4,7-14,21-29H,1,5-6,15-16H2,2-3H3. The fourth-order valence-corrected chi connectivity index (χ4v) is 4.32. The van der Waals surface area contributed by atoms with E-state index in [2.05, 4.69) is 6.58 Å². The topological polar surface area (TPSA) is 86.6 Å². The van der Waals surface area contributed by atoms with Crippen molar-refractivity contribution in [1.29, 1.82) is 0 Å². The van der Waals surface area contributed by atoms with Crippen LogP contribution in [0.15, 0.2) is 61.2 Å². The molecule has 184 valence electrons. The first-order chi connectivity index (χ1) is 16.5. The number of rotatable bonds is 9. The molecule has 0 spiro atoms. The summed E-state index contributed by atoms with van der Waals surface area (Å²) in [5.74, 6) is 0. The molecule has 2 aromatic rings. The van der Waals surface area contributed by atoms with Crippen molar-refractivity contribution >= 4 is 0 Å². The van der Waals surface area contributed by atoms with E-state index < -0.39 is 43.6 Å². The molecule has 2 aliphatic rings. The largest absolute Gasteiger partial charge is 0.394 e. The third-order valence-electron chi connectivity index (χ3n) is 6.19. The summed E-state index contributed by atoms with van der Waals surface area (Å²) >= 11 is 0. The molecule has 4 rings (SSSR count). The van der Waals surface area contributed by atoms with Crippen LogP contribution in [0, 0.1) is 6.92 Å². The molecule has 0 saturated carbocycles. The maximum Gasteiger partial charge on any atom is 0.184 e. The first-order valence-corrected chi connectivity index (χ1v) is 11.8. The lowest BCUT2D eigenvalue weighted by Gasteiger charge is -2.50. The monoisotopic (exact) mass is 470 g/mol. The predicted molar refractivity (Wildman–Crippen MR) is 126 cm³/mol. The third kappa shape index (κ3) is 5.58. The van der Waals surface area contributed by atoms with Gasteiger partial charge in [-0.1, -0.05) is 60.2 Å². The second-order valence-corrected chi connectivity index (χ2v) is 8.70. The molecule has 7 unspecified atom stereocenters. The maximum absolute atomic E-state index is 10.6. The number of aryl methyl sites for hydroxylation is 1. The Morgan fingerprint density at radius 3 is 2.18 bits per heavy atom. The Hall–Kier alpha value is -2.10. The van der Waals surface area contributed by atoms with Crippen LogP contribution in [0.3, 0.4) is 0 Å². The van der Waals surface area contributed by atoms with Gasteiger partial charge < -0.3 is 33.9 Å². The maximum atomic E-state index is 10.6. The SMILES string of the molecule is C=CCC1OC(c2ccc(COCC)cc2)OC2C(C(O)CO)OC(c3ccc(C)cc3)OC12. The Bertz CT molecular complexity index is 914. The van der Waals surface area contributed by atoms with Gasteiger partial charge in [0.15, 0.2) is 12.6 Å². The normalized spacial score (nSPS) is 29.9. The molecule has 2 saturated heterocycles. The van der Waals surface area contributed by atoms with Gasteiger partial charge in [0.2, 0.25) is 0 Å². The van der Waals surface area contributed by atoms with Crippen LogP contribution in [-0.4, -0.2) is 53.9 Å². The molecule has 7 atom stereocenters. The Labute approximate surface area is 200 Å². The van der Waals surface area contributed by atoms with Crippen molar-refractivity contribution in [1.82, 2.24) is 0 Å². The second kappa shape index (κ2) is 11.6.